The first-order valence-corrected chi connectivity index (χ1v) is 12.3. The Labute approximate surface area is 219 Å². The van der Waals surface area contributed by atoms with Crippen molar-refractivity contribution in [2.24, 2.45) is 7.05 Å². The average molecular weight is 520 g/mol. The van der Waals surface area contributed by atoms with Crippen LogP contribution >= 0.6 is 0 Å². The van der Waals surface area contributed by atoms with E-state index in [-0.39, 0.29) is 30.0 Å². The molecule has 0 spiro atoms. The molecule has 1 fully saturated rings. The molecule has 3 aromatic heterocycles. The zero-order valence-electron chi connectivity index (χ0n) is 21.4. The van der Waals surface area contributed by atoms with Gasteiger partial charge in [-0.05, 0) is 31.9 Å². The molecule has 13 nitrogen and oxygen atoms in total. The van der Waals surface area contributed by atoms with E-state index in [9.17, 15) is 4.79 Å². The maximum Gasteiger partial charge on any atom is 0.343 e. The number of aryl methyl sites for hydroxylation is 1. The predicted octanol–water partition coefficient (Wildman–Crippen LogP) is 3.49. The van der Waals surface area contributed by atoms with E-state index in [1.807, 2.05) is 29.1 Å². The molecule has 0 amide bonds. The Hall–Kier alpha value is -4.52. The predicted molar refractivity (Wildman–Crippen MR) is 139 cm³/mol. The van der Waals surface area contributed by atoms with E-state index in [1.165, 1.54) is 6.20 Å². The lowest BCUT2D eigenvalue weighted by Gasteiger charge is -2.22. The lowest BCUT2D eigenvalue weighted by molar-refractivity contribution is 0.0526. The molecule has 1 saturated heterocycles. The van der Waals surface area contributed by atoms with Gasteiger partial charge in [-0.25, -0.2) is 14.8 Å². The van der Waals surface area contributed by atoms with Gasteiger partial charge in [0.25, 0.3) is 0 Å². The van der Waals surface area contributed by atoms with Gasteiger partial charge in [-0.3, -0.25) is 9.36 Å². The molecular weight excluding hydrogens is 490 g/mol. The molecule has 5 rings (SSSR count). The van der Waals surface area contributed by atoms with E-state index >= 15 is 0 Å². The fourth-order valence-electron chi connectivity index (χ4n) is 4.20. The minimum atomic E-state index is -0.546. The lowest BCUT2D eigenvalue weighted by atomic mass is 10.1. The van der Waals surface area contributed by atoms with Crippen molar-refractivity contribution in [1.82, 2.24) is 34.5 Å². The summed E-state index contributed by atoms with van der Waals surface area (Å²) in [5.74, 6) is 0.996. The summed E-state index contributed by atoms with van der Waals surface area (Å²) in [5, 5.41) is 15.3. The summed E-state index contributed by atoms with van der Waals surface area (Å²) in [5.41, 5.74) is 2.16. The van der Waals surface area contributed by atoms with E-state index in [0.717, 1.165) is 31.7 Å². The normalized spacial score (nSPS) is 13.8. The molecule has 0 saturated carbocycles. The number of rotatable bonds is 9. The van der Waals surface area contributed by atoms with Crippen molar-refractivity contribution < 1.29 is 19.0 Å². The smallest absolute Gasteiger partial charge is 0.343 e. The van der Waals surface area contributed by atoms with Crippen molar-refractivity contribution in [3.8, 4) is 17.1 Å². The molecule has 0 aliphatic carbocycles. The standard InChI is InChI=1S/C25H29N9O4/c1-4-38-24(35)19-13-26-25(29-16-12-28-34(14-16)17-8-10-37-11-9-17)31-23(19)30-20-7-5-6-18(21(20)36-3)22-27-15-33(2)32-22/h5-7,12-15,17H,4,8-11H2,1-3H3,(H2,26,29,30,31). The third-order valence-electron chi connectivity index (χ3n) is 6.02. The number of esters is 1. The van der Waals surface area contributed by atoms with Gasteiger partial charge in [-0.15, -0.1) is 0 Å². The maximum absolute atomic E-state index is 12.7. The Kier molecular flexibility index (Phi) is 7.45. The first-order valence-electron chi connectivity index (χ1n) is 12.3. The van der Waals surface area contributed by atoms with Crippen LogP contribution in [-0.2, 0) is 16.5 Å². The Balaban J connectivity index is 1.45. The van der Waals surface area contributed by atoms with Gasteiger partial charge in [-0.1, -0.05) is 6.07 Å². The van der Waals surface area contributed by atoms with Gasteiger partial charge in [0.15, 0.2) is 17.4 Å². The van der Waals surface area contributed by atoms with Crippen LogP contribution < -0.4 is 15.4 Å². The Morgan fingerprint density at radius 1 is 1.18 bits per heavy atom. The monoisotopic (exact) mass is 519 g/mol. The topological polar surface area (TPSA) is 143 Å². The van der Waals surface area contributed by atoms with E-state index in [2.05, 4.69) is 35.8 Å². The van der Waals surface area contributed by atoms with Crippen LogP contribution in [0.5, 0.6) is 5.75 Å². The van der Waals surface area contributed by atoms with E-state index in [4.69, 9.17) is 14.2 Å². The molecule has 0 radical (unpaired) electrons. The molecular formula is C25H29N9O4. The Morgan fingerprint density at radius 2 is 2.03 bits per heavy atom. The van der Waals surface area contributed by atoms with Gasteiger partial charge in [0.2, 0.25) is 5.95 Å². The van der Waals surface area contributed by atoms with Gasteiger partial charge in [0.05, 0.1) is 42.9 Å². The van der Waals surface area contributed by atoms with Gasteiger partial charge < -0.3 is 24.8 Å². The second-order valence-corrected chi connectivity index (χ2v) is 8.61. The highest BCUT2D eigenvalue weighted by Gasteiger charge is 2.21. The lowest BCUT2D eigenvalue weighted by Crippen LogP contribution is -2.19. The quantitative estimate of drug-likeness (QED) is 0.314. The average Bonchev–Trinajstić information content (AvgIpc) is 3.58. The highest BCUT2D eigenvalue weighted by Crippen LogP contribution is 2.37. The highest BCUT2D eigenvalue weighted by atomic mass is 16.5. The fraction of sp³-hybridized carbons (Fsp3) is 0.360. The zero-order valence-corrected chi connectivity index (χ0v) is 21.4. The van der Waals surface area contributed by atoms with Crippen LogP contribution in [0.1, 0.15) is 36.2 Å². The first-order chi connectivity index (χ1) is 18.6. The second kappa shape index (κ2) is 11.3. The van der Waals surface area contributed by atoms with Crippen molar-refractivity contribution in [2.45, 2.75) is 25.8 Å². The Morgan fingerprint density at radius 3 is 2.76 bits per heavy atom. The van der Waals surface area contributed by atoms with Gasteiger partial charge in [-0.2, -0.15) is 15.2 Å². The molecule has 13 heteroatoms. The van der Waals surface area contributed by atoms with Gasteiger partial charge in [0, 0.05) is 32.7 Å². The number of hydrogen-bond acceptors (Lipinski definition) is 11. The van der Waals surface area contributed by atoms with Crippen molar-refractivity contribution in [3.63, 3.8) is 0 Å². The summed E-state index contributed by atoms with van der Waals surface area (Å²) >= 11 is 0. The molecule has 0 atom stereocenters. The maximum atomic E-state index is 12.7. The van der Waals surface area contributed by atoms with Crippen LogP contribution in [0.3, 0.4) is 0 Å². The first kappa shape index (κ1) is 25.1. The highest BCUT2D eigenvalue weighted by molar-refractivity contribution is 5.96. The van der Waals surface area contributed by atoms with Crippen LogP contribution in [0.4, 0.5) is 23.1 Å². The molecule has 4 aromatic rings. The molecule has 1 aromatic carbocycles. The molecule has 1 aliphatic heterocycles. The van der Waals surface area contributed by atoms with E-state index < -0.39 is 5.97 Å². The number of benzene rings is 1. The minimum absolute atomic E-state index is 0.179. The molecule has 4 heterocycles. The fourth-order valence-corrected chi connectivity index (χ4v) is 4.20. The summed E-state index contributed by atoms with van der Waals surface area (Å²) in [6, 6.07) is 5.80. The second-order valence-electron chi connectivity index (χ2n) is 8.61. The van der Waals surface area contributed by atoms with E-state index in [1.54, 1.807) is 38.3 Å². The summed E-state index contributed by atoms with van der Waals surface area (Å²) in [6.07, 6.45) is 8.49. The molecule has 2 N–H and O–H groups in total. The number of aromatic nitrogens is 7. The number of ether oxygens (including phenoxy) is 3. The summed E-state index contributed by atoms with van der Waals surface area (Å²) in [7, 11) is 3.35. The van der Waals surface area contributed by atoms with Crippen LogP contribution in [0.15, 0.2) is 43.1 Å². The van der Waals surface area contributed by atoms with Gasteiger partial charge in [0.1, 0.15) is 11.9 Å². The third kappa shape index (κ3) is 5.42. The van der Waals surface area contributed by atoms with Crippen molar-refractivity contribution in [2.75, 3.05) is 37.6 Å². The largest absolute Gasteiger partial charge is 0.494 e. The number of nitrogens with one attached hydrogen (secondary N) is 2. The number of carbonyl (C=O) groups excluding carboxylic acids is 1. The van der Waals surface area contributed by atoms with Crippen molar-refractivity contribution in [3.05, 3.63) is 48.7 Å². The van der Waals surface area contributed by atoms with Crippen LogP contribution in [-0.4, -0.2) is 67.4 Å². The summed E-state index contributed by atoms with van der Waals surface area (Å²) < 4.78 is 19.9. The van der Waals surface area contributed by atoms with E-state index in [0.29, 0.717) is 22.8 Å². The SMILES string of the molecule is CCOC(=O)c1cnc(Nc2cnn(C3CCOCC3)c2)nc1Nc1cccc(-c2ncn(C)n2)c1OC. The Bertz CT molecular complexity index is 1410. The molecule has 1 aliphatic rings. The number of nitrogens with zero attached hydrogens (tertiary/aromatic N) is 7. The number of hydrogen-bond donors (Lipinski definition) is 2. The summed E-state index contributed by atoms with van der Waals surface area (Å²) in [4.78, 5) is 26.0. The van der Waals surface area contributed by atoms with Crippen LogP contribution in [0.2, 0.25) is 0 Å². The van der Waals surface area contributed by atoms with Crippen LogP contribution in [0.25, 0.3) is 11.4 Å². The van der Waals surface area contributed by atoms with Crippen molar-refractivity contribution >= 4 is 29.1 Å². The summed E-state index contributed by atoms with van der Waals surface area (Å²) in [6.45, 7) is 3.40. The molecule has 38 heavy (non-hydrogen) atoms. The molecule has 0 bridgehead atoms. The zero-order chi connectivity index (χ0) is 26.5. The minimum Gasteiger partial charge on any atom is -0.494 e. The molecule has 0 unspecified atom stereocenters. The van der Waals surface area contributed by atoms with Gasteiger partial charge >= 0.3 is 5.97 Å². The number of para-hydroxylation sites is 1. The third-order valence-corrected chi connectivity index (χ3v) is 6.02. The number of carbonyl (C=O) groups is 1. The van der Waals surface area contributed by atoms with Crippen molar-refractivity contribution in [1.29, 1.82) is 0 Å². The number of anilines is 4. The van der Waals surface area contributed by atoms with Crippen LogP contribution in [0, 0.1) is 0 Å². The number of methoxy groups -OCH3 is 1. The molecule has 198 valence electrons.